The van der Waals surface area contributed by atoms with E-state index in [1.165, 1.54) is 0 Å². The number of hydrogen-bond acceptors (Lipinski definition) is 3. The summed E-state index contributed by atoms with van der Waals surface area (Å²) < 4.78 is 13.2. The average molecular weight is 435 g/mol. The molecule has 28 heavy (non-hydrogen) atoms. The molecule has 0 radical (unpaired) electrons. The molecule has 4 heteroatoms. The van der Waals surface area contributed by atoms with Crippen LogP contribution < -0.4 is 10.2 Å². The van der Waals surface area contributed by atoms with Crippen molar-refractivity contribution in [2.75, 3.05) is 0 Å². The van der Waals surface area contributed by atoms with Crippen LogP contribution in [0.15, 0.2) is 80.4 Å². The van der Waals surface area contributed by atoms with Crippen molar-refractivity contribution in [3.8, 4) is 17.1 Å². The molecular formula is C24H19BrO3. The maximum atomic E-state index is 13.3. The molecule has 0 saturated heterocycles. The zero-order chi connectivity index (χ0) is 19.7. The minimum Gasteiger partial charge on any atom is -0.481 e. The Kier molecular flexibility index (Phi) is 5.05. The fourth-order valence-electron chi connectivity index (χ4n) is 3.08. The summed E-state index contributed by atoms with van der Waals surface area (Å²) in [5.41, 5.74) is 4.33. The quantitative estimate of drug-likeness (QED) is 0.372. The van der Waals surface area contributed by atoms with Gasteiger partial charge in [0.2, 0.25) is 11.2 Å². The molecule has 0 fully saturated rings. The fraction of sp³-hybridized carbons (Fsp3) is 0.125. The van der Waals surface area contributed by atoms with Crippen LogP contribution in [0.1, 0.15) is 16.7 Å². The van der Waals surface area contributed by atoms with Gasteiger partial charge in [0.15, 0.2) is 5.76 Å². The second kappa shape index (κ2) is 7.64. The van der Waals surface area contributed by atoms with Crippen molar-refractivity contribution in [1.29, 1.82) is 0 Å². The highest BCUT2D eigenvalue weighted by molar-refractivity contribution is 9.10. The second-order valence-electron chi connectivity index (χ2n) is 6.80. The van der Waals surface area contributed by atoms with Gasteiger partial charge in [0.05, 0.1) is 5.39 Å². The molecule has 0 amide bonds. The summed E-state index contributed by atoms with van der Waals surface area (Å²) in [6.07, 6.45) is 0. The lowest BCUT2D eigenvalue weighted by Gasteiger charge is -2.13. The van der Waals surface area contributed by atoms with E-state index in [2.05, 4.69) is 15.9 Å². The van der Waals surface area contributed by atoms with E-state index < -0.39 is 0 Å². The maximum Gasteiger partial charge on any atom is 0.235 e. The van der Waals surface area contributed by atoms with Crippen LogP contribution in [0.4, 0.5) is 0 Å². The molecule has 0 unspecified atom stereocenters. The molecule has 3 aromatic carbocycles. The number of halogens is 1. The first-order valence-electron chi connectivity index (χ1n) is 9.03. The molecule has 0 spiro atoms. The van der Waals surface area contributed by atoms with Gasteiger partial charge in [-0.3, -0.25) is 4.79 Å². The van der Waals surface area contributed by atoms with Crippen LogP contribution in [0.5, 0.6) is 5.75 Å². The molecule has 0 atom stereocenters. The van der Waals surface area contributed by atoms with Crippen LogP contribution in [0.3, 0.4) is 0 Å². The standard InChI is InChI=1S/C24H19BrO3/c1-15-12-20-21(13-16(15)2)28-23(18-6-4-3-5-7-18)24(22(20)26)27-14-17-8-10-19(25)11-9-17/h3-13H,14H2,1-2H3. The van der Waals surface area contributed by atoms with E-state index in [0.717, 1.165) is 26.7 Å². The van der Waals surface area contributed by atoms with Crippen molar-refractivity contribution >= 4 is 26.9 Å². The SMILES string of the molecule is Cc1cc2oc(-c3ccccc3)c(OCc3ccc(Br)cc3)c(=O)c2cc1C. The van der Waals surface area contributed by atoms with Crippen molar-refractivity contribution in [1.82, 2.24) is 0 Å². The van der Waals surface area contributed by atoms with Crippen LogP contribution in [-0.4, -0.2) is 0 Å². The first-order valence-corrected chi connectivity index (χ1v) is 9.83. The Bertz CT molecular complexity index is 1190. The molecule has 0 aliphatic carbocycles. The van der Waals surface area contributed by atoms with E-state index in [-0.39, 0.29) is 17.8 Å². The van der Waals surface area contributed by atoms with Gasteiger partial charge < -0.3 is 9.15 Å². The van der Waals surface area contributed by atoms with Crippen LogP contribution in [0.2, 0.25) is 0 Å². The molecule has 0 saturated carbocycles. The van der Waals surface area contributed by atoms with Gasteiger partial charge in [-0.25, -0.2) is 0 Å². The van der Waals surface area contributed by atoms with E-state index >= 15 is 0 Å². The third-order valence-electron chi connectivity index (χ3n) is 4.80. The summed E-state index contributed by atoms with van der Waals surface area (Å²) in [4.78, 5) is 13.3. The van der Waals surface area contributed by atoms with Crippen LogP contribution in [0, 0.1) is 13.8 Å². The Morgan fingerprint density at radius 1 is 0.929 bits per heavy atom. The molecule has 0 bridgehead atoms. The van der Waals surface area contributed by atoms with Gasteiger partial charge in [0.25, 0.3) is 0 Å². The Labute approximate surface area is 171 Å². The predicted molar refractivity (Wildman–Crippen MR) is 116 cm³/mol. The highest BCUT2D eigenvalue weighted by atomic mass is 79.9. The molecule has 0 aliphatic heterocycles. The zero-order valence-electron chi connectivity index (χ0n) is 15.7. The highest BCUT2D eigenvalue weighted by Gasteiger charge is 2.18. The molecule has 4 rings (SSSR count). The molecule has 140 valence electrons. The summed E-state index contributed by atoms with van der Waals surface area (Å²) in [5.74, 6) is 0.698. The Hall–Kier alpha value is -2.85. The average Bonchev–Trinajstić information content (AvgIpc) is 2.71. The summed E-state index contributed by atoms with van der Waals surface area (Å²) in [7, 11) is 0. The number of hydrogen-bond donors (Lipinski definition) is 0. The zero-order valence-corrected chi connectivity index (χ0v) is 17.2. The van der Waals surface area contributed by atoms with Crippen LogP contribution in [0.25, 0.3) is 22.3 Å². The molecule has 3 nitrogen and oxygen atoms in total. The Morgan fingerprint density at radius 2 is 1.61 bits per heavy atom. The summed E-state index contributed by atoms with van der Waals surface area (Å²) in [5, 5.41) is 0.536. The molecule has 1 heterocycles. The molecule has 1 aromatic heterocycles. The monoisotopic (exact) mass is 434 g/mol. The lowest BCUT2D eigenvalue weighted by Crippen LogP contribution is -2.10. The Balaban J connectivity index is 1.86. The minimum absolute atomic E-state index is 0.152. The highest BCUT2D eigenvalue weighted by Crippen LogP contribution is 2.32. The van der Waals surface area contributed by atoms with Crippen molar-refractivity contribution < 1.29 is 9.15 Å². The smallest absolute Gasteiger partial charge is 0.235 e. The van der Waals surface area contributed by atoms with Gasteiger partial charge in [-0.1, -0.05) is 58.4 Å². The number of aryl methyl sites for hydroxylation is 2. The van der Waals surface area contributed by atoms with E-state index in [0.29, 0.717) is 16.7 Å². The molecule has 0 aliphatic rings. The van der Waals surface area contributed by atoms with Crippen molar-refractivity contribution in [3.63, 3.8) is 0 Å². The van der Waals surface area contributed by atoms with E-state index in [4.69, 9.17) is 9.15 Å². The Morgan fingerprint density at radius 3 is 2.32 bits per heavy atom. The van der Waals surface area contributed by atoms with Gasteiger partial charge in [0, 0.05) is 10.0 Å². The predicted octanol–water partition coefficient (Wildman–Crippen LogP) is 6.42. The normalized spacial score (nSPS) is 11.0. The van der Waals surface area contributed by atoms with Gasteiger partial charge in [-0.15, -0.1) is 0 Å². The second-order valence-corrected chi connectivity index (χ2v) is 7.72. The van der Waals surface area contributed by atoms with Gasteiger partial charge in [-0.05, 0) is 54.8 Å². The number of benzene rings is 3. The molecular weight excluding hydrogens is 416 g/mol. The summed E-state index contributed by atoms with van der Waals surface area (Å²) in [6.45, 7) is 4.28. The minimum atomic E-state index is -0.152. The van der Waals surface area contributed by atoms with Gasteiger partial charge in [-0.2, -0.15) is 0 Å². The van der Waals surface area contributed by atoms with Gasteiger partial charge >= 0.3 is 0 Å². The van der Waals surface area contributed by atoms with Crippen molar-refractivity contribution in [2.45, 2.75) is 20.5 Å². The first kappa shape index (κ1) is 18.5. The lowest BCUT2D eigenvalue weighted by molar-refractivity contribution is 0.298. The number of ether oxygens (including phenoxy) is 1. The van der Waals surface area contributed by atoms with Gasteiger partial charge in [0.1, 0.15) is 12.2 Å². The van der Waals surface area contributed by atoms with Crippen molar-refractivity contribution in [2.24, 2.45) is 0 Å². The first-order chi connectivity index (χ1) is 13.5. The van der Waals surface area contributed by atoms with E-state index in [1.807, 2.05) is 80.6 Å². The third kappa shape index (κ3) is 3.60. The number of rotatable bonds is 4. The third-order valence-corrected chi connectivity index (χ3v) is 5.33. The van der Waals surface area contributed by atoms with Crippen LogP contribution >= 0.6 is 15.9 Å². The topological polar surface area (TPSA) is 39.4 Å². The maximum absolute atomic E-state index is 13.3. The van der Waals surface area contributed by atoms with Crippen molar-refractivity contribution in [3.05, 3.63) is 98.1 Å². The van der Waals surface area contributed by atoms with E-state index in [1.54, 1.807) is 0 Å². The largest absolute Gasteiger partial charge is 0.481 e. The summed E-state index contributed by atoms with van der Waals surface area (Å²) >= 11 is 3.43. The fourth-order valence-corrected chi connectivity index (χ4v) is 3.34. The van der Waals surface area contributed by atoms with Crippen LogP contribution in [-0.2, 0) is 6.61 Å². The lowest BCUT2D eigenvalue weighted by atomic mass is 10.0. The molecule has 4 aromatic rings. The van der Waals surface area contributed by atoms with E-state index in [9.17, 15) is 4.79 Å². The number of fused-ring (bicyclic) bond motifs is 1. The summed E-state index contributed by atoms with van der Waals surface area (Å²) in [6, 6.07) is 21.2. The molecule has 0 N–H and O–H groups in total.